The molecule has 0 radical (unpaired) electrons. The van der Waals surface area contributed by atoms with Gasteiger partial charge >= 0.3 is 0 Å². The third kappa shape index (κ3) is 1.39. The average Bonchev–Trinajstić information content (AvgIpc) is 2.43. The fourth-order valence-electron chi connectivity index (χ4n) is 1.75. The van der Waals surface area contributed by atoms with E-state index >= 15 is 0 Å². The molecule has 1 aliphatic rings. The Kier molecular flexibility index (Phi) is 2.15. The average molecular weight is 182 g/mol. The Morgan fingerprint density at radius 3 is 3.17 bits per heavy atom. The number of hydrogen-bond acceptors (Lipinski definition) is 3. The van der Waals surface area contributed by atoms with Crippen LogP contribution in [0.15, 0.2) is 0 Å². The number of nitrogens with zero attached hydrogens (tertiary/aromatic N) is 1. The van der Waals surface area contributed by atoms with Crippen LogP contribution in [0.3, 0.4) is 0 Å². The Labute approximate surface area is 77.0 Å². The Morgan fingerprint density at radius 1 is 1.58 bits per heavy atom. The maximum Gasteiger partial charge on any atom is 0.0900 e. The van der Waals surface area contributed by atoms with E-state index in [4.69, 9.17) is 0 Å². The Bertz CT molecular complexity index is 280. The number of nitrogens with one attached hydrogen (secondary N) is 1. The highest BCUT2D eigenvalue weighted by Gasteiger charge is 2.19. The van der Waals surface area contributed by atoms with E-state index in [2.05, 4.69) is 17.2 Å². The fourth-order valence-corrected chi connectivity index (χ4v) is 2.81. The lowest BCUT2D eigenvalue weighted by molar-refractivity contribution is 0.496. The molecule has 2 rings (SSSR count). The van der Waals surface area contributed by atoms with Gasteiger partial charge in [-0.1, -0.05) is 0 Å². The van der Waals surface area contributed by atoms with Gasteiger partial charge in [0.1, 0.15) is 0 Å². The quantitative estimate of drug-likeness (QED) is 0.712. The summed E-state index contributed by atoms with van der Waals surface area (Å²) in [5.74, 6) is 0. The van der Waals surface area contributed by atoms with Crippen LogP contribution in [0.25, 0.3) is 0 Å². The van der Waals surface area contributed by atoms with Gasteiger partial charge in [0, 0.05) is 10.9 Å². The Morgan fingerprint density at radius 2 is 2.42 bits per heavy atom. The topological polar surface area (TPSA) is 24.9 Å². The van der Waals surface area contributed by atoms with Gasteiger partial charge < -0.3 is 5.32 Å². The number of fused-ring (bicyclic) bond motifs is 1. The third-order valence-electron chi connectivity index (χ3n) is 2.45. The van der Waals surface area contributed by atoms with Crippen LogP contribution in [-0.4, -0.2) is 18.1 Å². The molecule has 1 atom stereocenters. The number of aryl methyl sites for hydroxylation is 2. The summed E-state index contributed by atoms with van der Waals surface area (Å²) >= 11 is 1.86. The highest BCUT2D eigenvalue weighted by atomic mass is 32.1. The number of aromatic nitrogens is 1. The minimum Gasteiger partial charge on any atom is -0.317 e. The van der Waals surface area contributed by atoms with Crippen molar-refractivity contribution in [1.29, 1.82) is 0 Å². The van der Waals surface area contributed by atoms with Gasteiger partial charge in [0.2, 0.25) is 0 Å². The van der Waals surface area contributed by atoms with Crippen molar-refractivity contribution < 1.29 is 0 Å². The van der Waals surface area contributed by atoms with Crippen molar-refractivity contribution in [1.82, 2.24) is 10.3 Å². The molecule has 0 unspecified atom stereocenters. The lowest BCUT2D eigenvalue weighted by atomic mass is 9.98. The molecule has 12 heavy (non-hydrogen) atoms. The van der Waals surface area contributed by atoms with E-state index in [1.54, 1.807) is 0 Å². The maximum atomic E-state index is 4.51. The van der Waals surface area contributed by atoms with Crippen LogP contribution in [0.5, 0.6) is 0 Å². The van der Waals surface area contributed by atoms with E-state index in [1.807, 2.05) is 18.4 Å². The summed E-state index contributed by atoms with van der Waals surface area (Å²) < 4.78 is 0. The first-order valence-electron chi connectivity index (χ1n) is 4.42. The summed E-state index contributed by atoms with van der Waals surface area (Å²) in [5.41, 5.74) is 1.35. The lowest BCUT2D eigenvalue weighted by Gasteiger charge is -2.19. The Balaban J connectivity index is 2.22. The SMILES string of the molecule is CN[C@H]1CCc2nc(C)sc2C1. The predicted octanol–water partition coefficient (Wildman–Crippen LogP) is 1.53. The van der Waals surface area contributed by atoms with Crippen molar-refractivity contribution in [2.45, 2.75) is 32.2 Å². The lowest BCUT2D eigenvalue weighted by Crippen LogP contribution is -2.30. The van der Waals surface area contributed by atoms with Crippen molar-refractivity contribution in [3.8, 4) is 0 Å². The van der Waals surface area contributed by atoms with Crippen LogP contribution in [0, 0.1) is 6.92 Å². The zero-order valence-corrected chi connectivity index (χ0v) is 8.37. The molecule has 1 N–H and O–H groups in total. The molecule has 0 spiro atoms. The number of thiazole rings is 1. The molecule has 0 saturated carbocycles. The first kappa shape index (κ1) is 8.20. The van der Waals surface area contributed by atoms with Crippen LogP contribution in [0.2, 0.25) is 0 Å². The molecular weight excluding hydrogens is 168 g/mol. The van der Waals surface area contributed by atoms with Gasteiger partial charge in [-0.15, -0.1) is 11.3 Å². The number of hydrogen-bond donors (Lipinski definition) is 1. The largest absolute Gasteiger partial charge is 0.317 e. The second kappa shape index (κ2) is 3.15. The molecule has 1 aromatic heterocycles. The smallest absolute Gasteiger partial charge is 0.0900 e. The predicted molar refractivity (Wildman–Crippen MR) is 51.7 cm³/mol. The van der Waals surface area contributed by atoms with E-state index in [0.717, 1.165) is 6.42 Å². The van der Waals surface area contributed by atoms with Crippen LogP contribution in [-0.2, 0) is 12.8 Å². The molecule has 3 heteroatoms. The summed E-state index contributed by atoms with van der Waals surface area (Å²) in [6, 6.07) is 0.678. The molecule has 66 valence electrons. The molecule has 0 bridgehead atoms. The summed E-state index contributed by atoms with van der Waals surface area (Å²) in [6.07, 6.45) is 3.58. The standard InChI is InChI=1S/C9H14N2S/c1-6-11-8-4-3-7(10-2)5-9(8)12-6/h7,10H,3-5H2,1-2H3/t7-/m0/s1. The van der Waals surface area contributed by atoms with E-state index in [1.165, 1.54) is 28.4 Å². The van der Waals surface area contributed by atoms with Crippen molar-refractivity contribution in [2.75, 3.05) is 7.05 Å². The van der Waals surface area contributed by atoms with E-state index < -0.39 is 0 Å². The van der Waals surface area contributed by atoms with Gasteiger partial charge in [-0.05, 0) is 33.2 Å². The summed E-state index contributed by atoms with van der Waals surface area (Å²) in [7, 11) is 2.05. The van der Waals surface area contributed by atoms with E-state index in [9.17, 15) is 0 Å². The van der Waals surface area contributed by atoms with Gasteiger partial charge in [-0.3, -0.25) is 0 Å². The van der Waals surface area contributed by atoms with Crippen LogP contribution in [0.4, 0.5) is 0 Å². The molecule has 2 nitrogen and oxygen atoms in total. The molecule has 0 aromatic carbocycles. The van der Waals surface area contributed by atoms with Gasteiger partial charge in [0.05, 0.1) is 10.7 Å². The fraction of sp³-hybridized carbons (Fsp3) is 0.667. The minimum absolute atomic E-state index is 0.678. The normalized spacial score (nSPS) is 22.3. The van der Waals surface area contributed by atoms with Crippen LogP contribution in [0.1, 0.15) is 22.0 Å². The van der Waals surface area contributed by atoms with Gasteiger partial charge in [-0.25, -0.2) is 4.98 Å². The number of rotatable bonds is 1. The molecule has 0 fully saturated rings. The zero-order chi connectivity index (χ0) is 8.55. The molecule has 1 aromatic rings. The van der Waals surface area contributed by atoms with Gasteiger partial charge in [0.25, 0.3) is 0 Å². The van der Waals surface area contributed by atoms with E-state index in [0.29, 0.717) is 6.04 Å². The van der Waals surface area contributed by atoms with Gasteiger partial charge in [0.15, 0.2) is 0 Å². The maximum absolute atomic E-state index is 4.51. The van der Waals surface area contributed by atoms with Crippen LogP contribution < -0.4 is 5.32 Å². The minimum atomic E-state index is 0.678. The third-order valence-corrected chi connectivity index (χ3v) is 3.49. The van der Waals surface area contributed by atoms with Crippen molar-refractivity contribution in [3.63, 3.8) is 0 Å². The zero-order valence-electron chi connectivity index (χ0n) is 7.55. The Hall–Kier alpha value is -0.410. The molecule has 0 aliphatic heterocycles. The summed E-state index contributed by atoms with van der Waals surface area (Å²) in [6.45, 7) is 2.09. The first-order chi connectivity index (χ1) is 5.79. The summed E-state index contributed by atoms with van der Waals surface area (Å²) in [4.78, 5) is 6.01. The highest BCUT2D eigenvalue weighted by Crippen LogP contribution is 2.26. The highest BCUT2D eigenvalue weighted by molar-refractivity contribution is 7.11. The second-order valence-corrected chi connectivity index (χ2v) is 4.62. The number of likely N-dealkylation sites (N-methyl/N-ethyl adjacent to an activating group) is 1. The molecule has 0 amide bonds. The van der Waals surface area contributed by atoms with Crippen LogP contribution >= 0.6 is 11.3 Å². The molecule has 1 heterocycles. The molecule has 1 aliphatic carbocycles. The molecule has 0 saturated heterocycles. The van der Waals surface area contributed by atoms with Crippen molar-refractivity contribution in [2.24, 2.45) is 0 Å². The monoisotopic (exact) mass is 182 g/mol. The van der Waals surface area contributed by atoms with Crippen molar-refractivity contribution in [3.05, 3.63) is 15.6 Å². The second-order valence-electron chi connectivity index (χ2n) is 3.33. The summed E-state index contributed by atoms with van der Waals surface area (Å²) in [5, 5.41) is 4.55. The molecular formula is C9H14N2S. The van der Waals surface area contributed by atoms with E-state index in [-0.39, 0.29) is 0 Å². The first-order valence-corrected chi connectivity index (χ1v) is 5.23. The van der Waals surface area contributed by atoms with Crippen molar-refractivity contribution >= 4 is 11.3 Å². The van der Waals surface area contributed by atoms with Gasteiger partial charge in [-0.2, -0.15) is 0 Å².